The molecule has 1 aliphatic rings. The van der Waals surface area contributed by atoms with Crippen LogP contribution >= 0.6 is 0 Å². The second-order valence-corrected chi connectivity index (χ2v) is 3.27. The average Bonchev–Trinajstić information content (AvgIpc) is 2.84. The Bertz CT molecular complexity index is 152. The number of hydrogen-bond donors (Lipinski definition) is 3. The van der Waals surface area contributed by atoms with E-state index < -0.39 is 0 Å². The number of nitrogens with two attached hydrogens (primary N) is 1. The minimum absolute atomic E-state index is 0.113. The van der Waals surface area contributed by atoms with Crippen molar-refractivity contribution in [3.63, 3.8) is 0 Å². The molecule has 1 fully saturated rings. The van der Waals surface area contributed by atoms with Crippen LogP contribution in [0.4, 0.5) is 0 Å². The van der Waals surface area contributed by atoms with Crippen molar-refractivity contribution in [2.45, 2.75) is 31.3 Å². The summed E-state index contributed by atoms with van der Waals surface area (Å²) < 4.78 is 0. The van der Waals surface area contributed by atoms with Crippen molar-refractivity contribution in [3.8, 4) is 0 Å². The number of nitrogens with one attached hydrogen (secondary N) is 2. The van der Waals surface area contributed by atoms with Gasteiger partial charge in [-0.3, -0.25) is 4.79 Å². The second kappa shape index (κ2) is 4.42. The van der Waals surface area contributed by atoms with Gasteiger partial charge in [0, 0.05) is 25.0 Å². The molecule has 1 rings (SSSR count). The molecule has 0 aliphatic heterocycles. The lowest BCUT2D eigenvalue weighted by molar-refractivity contribution is -0.121. The number of hydrogen-bond acceptors (Lipinski definition) is 3. The lowest BCUT2D eigenvalue weighted by Gasteiger charge is -2.12. The Morgan fingerprint density at radius 3 is 2.75 bits per heavy atom. The average molecular weight is 171 g/mol. The van der Waals surface area contributed by atoms with Crippen molar-refractivity contribution in [2.24, 2.45) is 5.73 Å². The van der Waals surface area contributed by atoms with Gasteiger partial charge in [0.25, 0.3) is 0 Å². The summed E-state index contributed by atoms with van der Waals surface area (Å²) >= 11 is 0. The molecular formula is C8H17N3O. The maximum absolute atomic E-state index is 11.2. The molecule has 4 N–H and O–H groups in total. The number of amides is 1. The third-order valence-electron chi connectivity index (χ3n) is 2.07. The van der Waals surface area contributed by atoms with Crippen LogP contribution in [0.2, 0.25) is 0 Å². The summed E-state index contributed by atoms with van der Waals surface area (Å²) in [4.78, 5) is 11.2. The van der Waals surface area contributed by atoms with Gasteiger partial charge in [-0.05, 0) is 19.9 Å². The Hall–Kier alpha value is -0.610. The number of carbonyl (C=O) groups is 1. The van der Waals surface area contributed by atoms with Crippen molar-refractivity contribution in [3.05, 3.63) is 0 Å². The maximum Gasteiger partial charge on any atom is 0.221 e. The van der Waals surface area contributed by atoms with Gasteiger partial charge < -0.3 is 16.4 Å². The maximum atomic E-state index is 11.2. The van der Waals surface area contributed by atoms with Crippen LogP contribution in [-0.4, -0.2) is 31.6 Å². The Labute approximate surface area is 72.9 Å². The first-order chi connectivity index (χ1) is 5.76. The van der Waals surface area contributed by atoms with Crippen molar-refractivity contribution < 1.29 is 4.79 Å². The molecule has 4 heteroatoms. The molecular weight excluding hydrogens is 154 g/mol. The van der Waals surface area contributed by atoms with Crippen LogP contribution < -0.4 is 16.4 Å². The van der Waals surface area contributed by atoms with Gasteiger partial charge in [0.2, 0.25) is 5.91 Å². The predicted molar refractivity (Wildman–Crippen MR) is 47.7 cm³/mol. The fourth-order valence-electron chi connectivity index (χ4n) is 1.04. The largest absolute Gasteiger partial charge is 0.353 e. The molecule has 0 spiro atoms. The van der Waals surface area contributed by atoms with Gasteiger partial charge in [0.15, 0.2) is 0 Å². The minimum Gasteiger partial charge on any atom is -0.353 e. The molecule has 4 nitrogen and oxygen atoms in total. The first-order valence-corrected chi connectivity index (χ1v) is 4.43. The molecule has 0 bridgehead atoms. The second-order valence-electron chi connectivity index (χ2n) is 3.27. The zero-order valence-corrected chi connectivity index (χ0v) is 7.47. The fraction of sp³-hybridized carbons (Fsp3) is 0.875. The molecule has 1 atom stereocenters. The number of rotatable bonds is 5. The highest BCUT2D eigenvalue weighted by Crippen LogP contribution is 2.18. The first kappa shape index (κ1) is 9.48. The van der Waals surface area contributed by atoms with Gasteiger partial charge in [0.1, 0.15) is 0 Å². The summed E-state index contributed by atoms with van der Waals surface area (Å²) in [5, 5.41) is 5.91. The van der Waals surface area contributed by atoms with E-state index in [-0.39, 0.29) is 11.9 Å². The topological polar surface area (TPSA) is 67.1 Å². The van der Waals surface area contributed by atoms with Crippen molar-refractivity contribution in [1.82, 2.24) is 10.6 Å². The lowest BCUT2D eigenvalue weighted by Crippen LogP contribution is -2.39. The summed E-state index contributed by atoms with van der Waals surface area (Å²) in [6.07, 6.45) is 2.76. The minimum atomic E-state index is 0.113. The molecule has 0 heterocycles. The molecule has 1 unspecified atom stereocenters. The molecule has 1 amide bonds. The quantitative estimate of drug-likeness (QED) is 0.507. The van der Waals surface area contributed by atoms with Gasteiger partial charge >= 0.3 is 0 Å². The third kappa shape index (κ3) is 3.19. The Morgan fingerprint density at radius 1 is 1.67 bits per heavy atom. The van der Waals surface area contributed by atoms with Crippen molar-refractivity contribution in [1.29, 1.82) is 0 Å². The Balaban J connectivity index is 2.13. The van der Waals surface area contributed by atoms with E-state index >= 15 is 0 Å². The van der Waals surface area contributed by atoms with E-state index in [1.54, 1.807) is 0 Å². The van der Waals surface area contributed by atoms with Crippen LogP contribution in [0.1, 0.15) is 19.3 Å². The van der Waals surface area contributed by atoms with Crippen LogP contribution in [0.15, 0.2) is 0 Å². The monoisotopic (exact) mass is 171 g/mol. The standard InChI is InChI=1S/C8H17N3O/c1-10-7(5-9)4-8(12)11-6-2-3-6/h6-7,10H,2-5,9H2,1H3,(H,11,12). The molecule has 0 aromatic heterocycles. The summed E-state index contributed by atoms with van der Waals surface area (Å²) in [5.74, 6) is 0.113. The SMILES string of the molecule is CNC(CN)CC(=O)NC1CC1. The highest BCUT2D eigenvalue weighted by Gasteiger charge is 2.23. The first-order valence-electron chi connectivity index (χ1n) is 4.43. The summed E-state index contributed by atoms with van der Waals surface area (Å²) in [5.41, 5.74) is 5.44. The molecule has 1 saturated carbocycles. The van der Waals surface area contributed by atoms with E-state index in [1.165, 1.54) is 0 Å². The molecule has 70 valence electrons. The van der Waals surface area contributed by atoms with Crippen LogP contribution in [0.3, 0.4) is 0 Å². The summed E-state index contributed by atoms with van der Waals surface area (Å²) in [7, 11) is 1.82. The molecule has 0 saturated heterocycles. The normalized spacial score (nSPS) is 18.8. The van der Waals surface area contributed by atoms with E-state index in [0.29, 0.717) is 19.0 Å². The van der Waals surface area contributed by atoms with Crippen molar-refractivity contribution in [2.75, 3.05) is 13.6 Å². The van der Waals surface area contributed by atoms with Gasteiger partial charge in [-0.25, -0.2) is 0 Å². The van der Waals surface area contributed by atoms with Gasteiger partial charge in [-0.2, -0.15) is 0 Å². The number of likely N-dealkylation sites (N-methyl/N-ethyl adjacent to an activating group) is 1. The summed E-state index contributed by atoms with van der Waals surface area (Å²) in [6.45, 7) is 0.509. The molecule has 12 heavy (non-hydrogen) atoms. The van der Waals surface area contributed by atoms with Gasteiger partial charge in [0.05, 0.1) is 0 Å². The van der Waals surface area contributed by atoms with E-state index in [1.807, 2.05) is 7.05 Å². The zero-order valence-electron chi connectivity index (χ0n) is 7.47. The van der Waals surface area contributed by atoms with E-state index in [9.17, 15) is 4.79 Å². The smallest absolute Gasteiger partial charge is 0.221 e. The zero-order chi connectivity index (χ0) is 8.97. The molecule has 0 aromatic rings. The lowest BCUT2D eigenvalue weighted by atomic mass is 10.2. The van der Waals surface area contributed by atoms with Gasteiger partial charge in [-0.1, -0.05) is 0 Å². The summed E-state index contributed by atoms with van der Waals surface area (Å²) in [6, 6.07) is 0.566. The molecule has 0 aromatic carbocycles. The van der Waals surface area contributed by atoms with E-state index in [0.717, 1.165) is 12.8 Å². The molecule has 0 radical (unpaired) electrons. The van der Waals surface area contributed by atoms with E-state index in [2.05, 4.69) is 10.6 Å². The highest BCUT2D eigenvalue weighted by molar-refractivity contribution is 5.77. The van der Waals surface area contributed by atoms with Crippen LogP contribution in [0.5, 0.6) is 0 Å². The van der Waals surface area contributed by atoms with Crippen LogP contribution in [0, 0.1) is 0 Å². The van der Waals surface area contributed by atoms with Crippen LogP contribution in [-0.2, 0) is 4.79 Å². The third-order valence-corrected chi connectivity index (χ3v) is 2.07. The molecule has 1 aliphatic carbocycles. The predicted octanol–water partition coefficient (Wildman–Crippen LogP) is -0.798. The van der Waals surface area contributed by atoms with Crippen molar-refractivity contribution >= 4 is 5.91 Å². The highest BCUT2D eigenvalue weighted by atomic mass is 16.1. The Morgan fingerprint density at radius 2 is 2.33 bits per heavy atom. The fourth-order valence-corrected chi connectivity index (χ4v) is 1.04. The van der Waals surface area contributed by atoms with Gasteiger partial charge in [-0.15, -0.1) is 0 Å². The van der Waals surface area contributed by atoms with E-state index in [4.69, 9.17) is 5.73 Å². The van der Waals surface area contributed by atoms with Crippen LogP contribution in [0.25, 0.3) is 0 Å². The number of carbonyl (C=O) groups excluding carboxylic acids is 1. The Kier molecular flexibility index (Phi) is 3.49.